The van der Waals surface area contributed by atoms with Gasteiger partial charge in [-0.2, -0.15) is 0 Å². The number of carbonyl (C=O) groups excluding carboxylic acids is 1. The lowest BCUT2D eigenvalue weighted by molar-refractivity contribution is 0.104. The van der Waals surface area contributed by atoms with Crippen LogP contribution in [0.3, 0.4) is 0 Å². The van der Waals surface area contributed by atoms with E-state index < -0.39 is 0 Å². The summed E-state index contributed by atoms with van der Waals surface area (Å²) in [4.78, 5) is 19.4. The third-order valence-electron chi connectivity index (χ3n) is 5.00. The van der Waals surface area contributed by atoms with Gasteiger partial charge in [0.25, 0.3) is 0 Å². The fourth-order valence-corrected chi connectivity index (χ4v) is 2.97. The van der Waals surface area contributed by atoms with Gasteiger partial charge in [-0.3, -0.25) is 0 Å². The van der Waals surface area contributed by atoms with E-state index in [9.17, 15) is 4.79 Å². The van der Waals surface area contributed by atoms with E-state index in [0.717, 1.165) is 17.1 Å². The lowest BCUT2D eigenvalue weighted by Crippen LogP contribution is -2.29. The number of nitrogens with zero attached hydrogens (tertiary/aromatic N) is 1. The van der Waals surface area contributed by atoms with Crippen LogP contribution < -0.4 is 5.32 Å². The van der Waals surface area contributed by atoms with E-state index in [-0.39, 0.29) is 11.5 Å². The van der Waals surface area contributed by atoms with E-state index in [1.165, 1.54) is 24.8 Å². The fourth-order valence-electron chi connectivity index (χ4n) is 2.97. The largest absolute Gasteiger partial charge is 0.449 e. The van der Waals surface area contributed by atoms with Gasteiger partial charge in [0, 0.05) is 13.0 Å². The normalized spacial score (nSPS) is 14.7. The number of aromatic nitrogens is 2. The zero-order valence-corrected chi connectivity index (χ0v) is 16.0. The molecule has 3 rings (SSSR count). The number of nitrogens with one attached hydrogen (secondary N) is 2. The van der Waals surface area contributed by atoms with Gasteiger partial charge in [-0.25, -0.2) is 9.78 Å². The summed E-state index contributed by atoms with van der Waals surface area (Å²) in [5.74, 6) is 1.43. The highest BCUT2D eigenvalue weighted by Gasteiger charge is 2.19. The number of hydrogen-bond donors (Lipinski definition) is 2. The van der Waals surface area contributed by atoms with Crippen LogP contribution in [-0.4, -0.2) is 29.2 Å². The van der Waals surface area contributed by atoms with Crippen molar-refractivity contribution in [2.24, 2.45) is 5.92 Å². The number of amides is 1. The predicted molar refractivity (Wildman–Crippen MR) is 103 cm³/mol. The van der Waals surface area contributed by atoms with Crippen molar-refractivity contribution in [1.29, 1.82) is 0 Å². The third kappa shape index (κ3) is 4.87. The van der Waals surface area contributed by atoms with Crippen molar-refractivity contribution in [3.63, 3.8) is 0 Å². The second kappa shape index (κ2) is 7.94. The van der Waals surface area contributed by atoms with Crippen molar-refractivity contribution in [3.05, 3.63) is 41.9 Å². The van der Waals surface area contributed by atoms with Gasteiger partial charge in [0.2, 0.25) is 0 Å². The Morgan fingerprint density at radius 3 is 2.62 bits per heavy atom. The van der Waals surface area contributed by atoms with Crippen molar-refractivity contribution < 1.29 is 9.53 Å². The minimum absolute atomic E-state index is 0.149. The second-order valence-electron chi connectivity index (χ2n) is 8.14. The first kappa shape index (κ1) is 18.5. The molecule has 5 nitrogen and oxygen atoms in total. The molecule has 26 heavy (non-hydrogen) atoms. The molecule has 1 aromatic carbocycles. The molecule has 5 heteroatoms. The number of imidazole rings is 1. The third-order valence-corrected chi connectivity index (χ3v) is 5.00. The molecule has 0 spiro atoms. The molecule has 0 saturated heterocycles. The molecular formula is C21H29N3O2. The van der Waals surface area contributed by atoms with E-state index in [1.54, 1.807) is 0 Å². The van der Waals surface area contributed by atoms with Gasteiger partial charge in [0.05, 0.1) is 18.5 Å². The highest BCUT2D eigenvalue weighted by atomic mass is 16.5. The highest BCUT2D eigenvalue weighted by molar-refractivity contribution is 5.67. The first-order chi connectivity index (χ1) is 12.4. The average Bonchev–Trinajstić information content (AvgIpc) is 3.01. The Morgan fingerprint density at radius 2 is 2.00 bits per heavy atom. The maximum absolute atomic E-state index is 11.7. The summed E-state index contributed by atoms with van der Waals surface area (Å²) in [6.45, 7) is 7.68. The van der Waals surface area contributed by atoms with Gasteiger partial charge in [0.1, 0.15) is 5.82 Å². The van der Waals surface area contributed by atoms with E-state index in [0.29, 0.717) is 25.5 Å². The molecule has 1 aromatic heterocycles. The average molecular weight is 355 g/mol. The molecule has 1 fully saturated rings. The zero-order valence-electron chi connectivity index (χ0n) is 16.0. The van der Waals surface area contributed by atoms with E-state index in [4.69, 9.17) is 4.74 Å². The smallest absolute Gasteiger partial charge is 0.407 e. The van der Waals surface area contributed by atoms with E-state index in [2.05, 4.69) is 60.3 Å². The van der Waals surface area contributed by atoms with Crippen LogP contribution in [-0.2, 0) is 16.6 Å². The molecule has 0 atom stereocenters. The van der Waals surface area contributed by atoms with E-state index >= 15 is 0 Å². The Kier molecular flexibility index (Phi) is 5.64. The summed E-state index contributed by atoms with van der Waals surface area (Å²) in [5.41, 5.74) is 3.57. The number of aromatic amines is 1. The molecule has 2 N–H and O–H groups in total. The molecule has 1 saturated carbocycles. The number of alkyl carbamates (subject to hydrolysis) is 1. The number of ether oxygens (including phenoxy) is 1. The Hall–Kier alpha value is -2.30. The summed E-state index contributed by atoms with van der Waals surface area (Å²) in [7, 11) is 0. The number of carbonyl (C=O) groups is 1. The van der Waals surface area contributed by atoms with Gasteiger partial charge < -0.3 is 15.0 Å². The molecule has 0 radical (unpaired) electrons. The van der Waals surface area contributed by atoms with Crippen molar-refractivity contribution in [2.75, 3.05) is 13.2 Å². The fraction of sp³-hybridized carbons (Fsp3) is 0.524. The van der Waals surface area contributed by atoms with Gasteiger partial charge in [-0.15, -0.1) is 0 Å². The summed E-state index contributed by atoms with van der Waals surface area (Å²) < 4.78 is 5.22. The molecule has 0 aliphatic heterocycles. The van der Waals surface area contributed by atoms with Gasteiger partial charge >= 0.3 is 6.09 Å². The number of H-pyrrole nitrogens is 1. The molecule has 1 aliphatic rings. The molecule has 1 heterocycles. The molecule has 0 bridgehead atoms. The maximum atomic E-state index is 11.7. The molecular weight excluding hydrogens is 326 g/mol. The molecule has 1 amide bonds. The van der Waals surface area contributed by atoms with Gasteiger partial charge in [0.15, 0.2) is 0 Å². The highest BCUT2D eigenvalue weighted by Crippen LogP contribution is 2.26. The summed E-state index contributed by atoms with van der Waals surface area (Å²) in [6, 6.07) is 8.56. The van der Waals surface area contributed by atoms with Gasteiger partial charge in [-0.05, 0) is 35.3 Å². The quantitative estimate of drug-likeness (QED) is 0.805. The Balaban J connectivity index is 1.46. The molecule has 140 valence electrons. The molecule has 1 aliphatic carbocycles. The van der Waals surface area contributed by atoms with Crippen molar-refractivity contribution in [2.45, 2.75) is 51.9 Å². The van der Waals surface area contributed by atoms with Crippen LogP contribution in [0.25, 0.3) is 11.3 Å². The van der Waals surface area contributed by atoms with Crippen molar-refractivity contribution >= 4 is 6.09 Å². The van der Waals surface area contributed by atoms with Crippen LogP contribution in [0.5, 0.6) is 0 Å². The summed E-state index contributed by atoms with van der Waals surface area (Å²) in [6.07, 6.45) is 5.78. The molecule has 2 aromatic rings. The van der Waals surface area contributed by atoms with Crippen LogP contribution in [0, 0.1) is 5.92 Å². The van der Waals surface area contributed by atoms with E-state index in [1.807, 2.05) is 6.20 Å². The predicted octanol–water partition coefficient (Wildman–Crippen LogP) is 4.44. The van der Waals surface area contributed by atoms with Crippen molar-refractivity contribution in [3.8, 4) is 11.3 Å². The van der Waals surface area contributed by atoms with Crippen molar-refractivity contribution in [1.82, 2.24) is 15.3 Å². The first-order valence-corrected chi connectivity index (χ1v) is 9.47. The monoisotopic (exact) mass is 355 g/mol. The SMILES string of the molecule is CC(C)(C)c1ccc(-c2cnc(CCNC(=O)OCC3CCC3)[nH]2)cc1. The second-order valence-corrected chi connectivity index (χ2v) is 8.14. The standard InChI is InChI=1S/C21H29N3O2/c1-21(2,3)17-9-7-16(8-10-17)18-13-23-19(24-18)11-12-22-20(25)26-14-15-5-4-6-15/h7-10,13,15H,4-6,11-12,14H2,1-3H3,(H,22,25)(H,23,24). The molecule has 0 unspecified atom stereocenters. The Bertz CT molecular complexity index is 724. The Labute approximate surface area is 155 Å². The topological polar surface area (TPSA) is 67.0 Å². The van der Waals surface area contributed by atoms with Crippen LogP contribution >= 0.6 is 0 Å². The van der Waals surface area contributed by atoms with Crippen LogP contribution in [0.1, 0.15) is 51.4 Å². The maximum Gasteiger partial charge on any atom is 0.407 e. The first-order valence-electron chi connectivity index (χ1n) is 9.47. The minimum atomic E-state index is -0.332. The lowest BCUT2D eigenvalue weighted by Gasteiger charge is -2.24. The number of benzene rings is 1. The Morgan fingerprint density at radius 1 is 1.27 bits per heavy atom. The zero-order chi connectivity index (χ0) is 18.6. The van der Waals surface area contributed by atoms with Crippen LogP contribution in [0.4, 0.5) is 4.79 Å². The minimum Gasteiger partial charge on any atom is -0.449 e. The van der Waals surface area contributed by atoms with Gasteiger partial charge in [-0.1, -0.05) is 51.5 Å². The van der Waals surface area contributed by atoms with Crippen LogP contribution in [0.15, 0.2) is 30.5 Å². The number of hydrogen-bond acceptors (Lipinski definition) is 3. The lowest BCUT2D eigenvalue weighted by atomic mass is 9.86. The number of rotatable bonds is 6. The summed E-state index contributed by atoms with van der Waals surface area (Å²) in [5, 5.41) is 2.79. The van der Waals surface area contributed by atoms with Crippen LogP contribution in [0.2, 0.25) is 0 Å². The summed E-state index contributed by atoms with van der Waals surface area (Å²) >= 11 is 0.